The molecule has 0 spiro atoms. The Kier molecular flexibility index (Phi) is 5.98. The molecule has 138 valence electrons. The lowest BCUT2D eigenvalue weighted by molar-refractivity contribution is -0.138. The van der Waals surface area contributed by atoms with Crippen molar-refractivity contribution in [1.29, 1.82) is 0 Å². The fourth-order valence-corrected chi connectivity index (χ4v) is 3.53. The van der Waals surface area contributed by atoms with Crippen molar-refractivity contribution < 1.29 is 19.4 Å². The number of aliphatic imine (C=N–C) groups is 1. The van der Waals surface area contributed by atoms with E-state index >= 15 is 0 Å². The summed E-state index contributed by atoms with van der Waals surface area (Å²) in [6.45, 7) is 1.94. The monoisotopic (exact) mass is 381 g/mol. The average Bonchev–Trinajstić information content (AvgIpc) is 2.98. The summed E-state index contributed by atoms with van der Waals surface area (Å²) in [5.74, 6) is -0.0122. The van der Waals surface area contributed by atoms with Gasteiger partial charge in [-0.05, 0) is 42.8 Å². The van der Waals surface area contributed by atoms with E-state index in [0.717, 1.165) is 5.56 Å². The highest BCUT2D eigenvalue weighted by molar-refractivity contribution is 8.18. The number of rotatable bonds is 5. The zero-order chi connectivity index (χ0) is 19.2. The van der Waals surface area contributed by atoms with Gasteiger partial charge in [0.2, 0.25) is 0 Å². The minimum atomic E-state index is -0.591. The molecule has 1 N–H and O–H groups in total. The van der Waals surface area contributed by atoms with Crippen molar-refractivity contribution >= 4 is 34.5 Å². The molecule has 5 nitrogen and oxygen atoms in total. The number of hydrogen-bond acceptors (Lipinski definition) is 6. The molecule has 1 aliphatic heterocycles. The normalized spacial score (nSPS) is 16.8. The summed E-state index contributed by atoms with van der Waals surface area (Å²) in [6.07, 6.45) is 1.79. The Morgan fingerprint density at radius 3 is 2.67 bits per heavy atom. The number of aliphatic hydroxyl groups excluding tert-OH is 1. The van der Waals surface area contributed by atoms with Crippen LogP contribution >= 0.6 is 11.8 Å². The topological polar surface area (TPSA) is 68.1 Å². The Hall–Kier alpha value is -2.99. The van der Waals surface area contributed by atoms with Crippen molar-refractivity contribution in [3.63, 3.8) is 0 Å². The molecule has 2 aromatic rings. The van der Waals surface area contributed by atoms with E-state index in [1.807, 2.05) is 54.6 Å². The Bertz CT molecular complexity index is 932. The third-order valence-corrected chi connectivity index (χ3v) is 4.77. The van der Waals surface area contributed by atoms with Crippen molar-refractivity contribution in [3.05, 3.63) is 76.4 Å². The summed E-state index contributed by atoms with van der Waals surface area (Å²) in [7, 11) is 1.59. The van der Waals surface area contributed by atoms with Gasteiger partial charge in [0.25, 0.3) is 0 Å². The number of nitrogens with zero attached hydrogens (tertiary/aromatic N) is 1. The van der Waals surface area contributed by atoms with E-state index in [4.69, 9.17) is 9.47 Å². The number of thioether (sulfide) groups is 1. The second-order valence-electron chi connectivity index (χ2n) is 5.58. The zero-order valence-corrected chi connectivity index (χ0v) is 15.8. The van der Waals surface area contributed by atoms with Gasteiger partial charge < -0.3 is 14.6 Å². The van der Waals surface area contributed by atoms with Gasteiger partial charge in [0, 0.05) is 0 Å². The minimum absolute atomic E-state index is 0.0832. The number of para-hydroxylation sites is 1. The third kappa shape index (κ3) is 4.41. The number of esters is 1. The molecule has 0 unspecified atom stereocenters. The first-order chi connectivity index (χ1) is 13.1. The molecule has 1 heterocycles. The van der Waals surface area contributed by atoms with E-state index in [2.05, 4.69) is 4.99 Å². The molecule has 0 saturated carbocycles. The van der Waals surface area contributed by atoms with Crippen LogP contribution in [0.2, 0.25) is 0 Å². The van der Waals surface area contributed by atoms with Crippen molar-refractivity contribution in [1.82, 2.24) is 0 Å². The van der Waals surface area contributed by atoms with Crippen molar-refractivity contribution in [2.75, 3.05) is 13.7 Å². The first-order valence-electron chi connectivity index (χ1n) is 8.40. The lowest BCUT2D eigenvalue weighted by Gasteiger charge is -2.03. The summed E-state index contributed by atoms with van der Waals surface area (Å²) < 4.78 is 10.3. The van der Waals surface area contributed by atoms with Crippen LogP contribution in [-0.2, 0) is 9.53 Å². The Morgan fingerprint density at radius 2 is 1.96 bits per heavy atom. The highest BCUT2D eigenvalue weighted by atomic mass is 32.2. The van der Waals surface area contributed by atoms with E-state index in [1.165, 1.54) is 11.8 Å². The lowest BCUT2D eigenvalue weighted by atomic mass is 10.1. The number of methoxy groups -OCH3 is 1. The molecule has 0 radical (unpaired) electrons. The molecule has 2 aromatic carbocycles. The van der Waals surface area contributed by atoms with Crippen molar-refractivity contribution in [2.45, 2.75) is 6.92 Å². The molecule has 0 bridgehead atoms. The van der Waals surface area contributed by atoms with Gasteiger partial charge in [0.1, 0.15) is 22.1 Å². The fraction of sp³-hybridized carbons (Fsp3) is 0.143. The van der Waals surface area contributed by atoms with Gasteiger partial charge in [0.15, 0.2) is 0 Å². The Morgan fingerprint density at radius 1 is 1.19 bits per heavy atom. The molecular weight excluding hydrogens is 362 g/mol. The van der Waals surface area contributed by atoms with E-state index < -0.39 is 5.97 Å². The largest absolute Gasteiger partial charge is 0.506 e. The predicted molar refractivity (Wildman–Crippen MR) is 108 cm³/mol. The van der Waals surface area contributed by atoms with E-state index in [0.29, 0.717) is 21.4 Å². The van der Waals surface area contributed by atoms with Crippen molar-refractivity contribution in [3.8, 4) is 5.75 Å². The first kappa shape index (κ1) is 18.8. The zero-order valence-electron chi connectivity index (χ0n) is 15.0. The highest BCUT2D eigenvalue weighted by Crippen LogP contribution is 2.40. The van der Waals surface area contributed by atoms with E-state index in [1.54, 1.807) is 20.1 Å². The quantitative estimate of drug-likeness (QED) is 0.747. The maximum Gasteiger partial charge on any atom is 0.344 e. The molecule has 1 aliphatic rings. The van der Waals surface area contributed by atoms with E-state index in [-0.39, 0.29) is 17.9 Å². The van der Waals surface area contributed by atoms with Crippen LogP contribution in [0.25, 0.3) is 6.08 Å². The summed E-state index contributed by atoms with van der Waals surface area (Å²) in [5.41, 5.74) is 1.62. The lowest BCUT2D eigenvalue weighted by Crippen LogP contribution is -2.12. The van der Waals surface area contributed by atoms with Gasteiger partial charge >= 0.3 is 5.97 Å². The van der Waals surface area contributed by atoms with Crippen molar-refractivity contribution in [2.24, 2.45) is 4.99 Å². The maximum absolute atomic E-state index is 12.4. The van der Waals surface area contributed by atoms with Gasteiger partial charge in [-0.25, -0.2) is 9.79 Å². The second-order valence-corrected chi connectivity index (χ2v) is 6.61. The summed E-state index contributed by atoms with van der Waals surface area (Å²) in [4.78, 5) is 17.4. The second kappa shape index (κ2) is 8.60. The van der Waals surface area contributed by atoms with Crippen LogP contribution in [0.15, 0.2) is 75.8 Å². The molecule has 0 aromatic heterocycles. The molecule has 3 rings (SSSR count). The summed E-state index contributed by atoms with van der Waals surface area (Å²) >= 11 is 1.23. The van der Waals surface area contributed by atoms with Gasteiger partial charge in [-0.15, -0.1) is 0 Å². The summed E-state index contributed by atoms with van der Waals surface area (Å²) in [5, 5.41) is 11.1. The molecule has 0 saturated heterocycles. The maximum atomic E-state index is 12.4. The Balaban J connectivity index is 2.03. The predicted octanol–water partition coefficient (Wildman–Crippen LogP) is 4.89. The number of ether oxygens (including phenoxy) is 2. The summed E-state index contributed by atoms with van der Waals surface area (Å²) in [6, 6.07) is 16.7. The molecule has 0 amide bonds. The fourth-order valence-electron chi connectivity index (χ4n) is 2.49. The molecule has 0 aliphatic carbocycles. The smallest absolute Gasteiger partial charge is 0.344 e. The van der Waals surface area contributed by atoms with Gasteiger partial charge in [0.05, 0.1) is 24.3 Å². The molecule has 0 atom stereocenters. The number of carbonyl (C=O) groups is 1. The molecule has 0 fully saturated rings. The van der Waals surface area contributed by atoms with Crippen LogP contribution in [0.3, 0.4) is 0 Å². The highest BCUT2D eigenvalue weighted by Gasteiger charge is 2.33. The molecule has 6 heteroatoms. The van der Waals surface area contributed by atoms with E-state index in [9.17, 15) is 9.90 Å². The standard InChI is InChI=1S/C21H19NO4S/c1-3-26-21(24)18-19(23)17(13-14-8-7-11-16(12-14)25-2)27-20(18)22-15-9-5-4-6-10-15/h4-13,23H,3H2,1-2H3/b17-13+,22-20?. The first-order valence-corrected chi connectivity index (χ1v) is 9.22. The van der Waals surface area contributed by atoms with Crippen LogP contribution in [0.5, 0.6) is 5.75 Å². The Labute approximate surface area is 162 Å². The molecule has 27 heavy (non-hydrogen) atoms. The van der Waals surface area contributed by atoms with Gasteiger partial charge in [-0.2, -0.15) is 0 Å². The van der Waals surface area contributed by atoms with Gasteiger partial charge in [-0.1, -0.05) is 42.1 Å². The van der Waals surface area contributed by atoms with Crippen LogP contribution in [-0.4, -0.2) is 29.8 Å². The number of hydrogen-bond donors (Lipinski definition) is 1. The van der Waals surface area contributed by atoms with Crippen LogP contribution in [0.4, 0.5) is 5.69 Å². The SMILES string of the molecule is CCOC(=O)C1=C(O)/C(=C\c2cccc(OC)c2)SC1=Nc1ccccc1. The third-order valence-electron chi connectivity index (χ3n) is 3.75. The number of benzene rings is 2. The van der Waals surface area contributed by atoms with Gasteiger partial charge in [-0.3, -0.25) is 0 Å². The average molecular weight is 381 g/mol. The van der Waals surface area contributed by atoms with Crippen LogP contribution in [0.1, 0.15) is 12.5 Å². The van der Waals surface area contributed by atoms with Crippen LogP contribution < -0.4 is 4.74 Å². The minimum Gasteiger partial charge on any atom is -0.506 e. The number of aliphatic hydroxyl groups is 1. The number of carbonyl (C=O) groups excluding carboxylic acids is 1. The molecular formula is C21H19NO4S. The van der Waals surface area contributed by atoms with Crippen LogP contribution in [0, 0.1) is 0 Å².